The van der Waals surface area contributed by atoms with E-state index in [9.17, 15) is 4.79 Å². The first-order chi connectivity index (χ1) is 5.74. The van der Waals surface area contributed by atoms with Gasteiger partial charge in [0, 0.05) is 12.0 Å². The zero-order chi connectivity index (χ0) is 8.97. The Bertz CT molecular complexity index is 232. The summed E-state index contributed by atoms with van der Waals surface area (Å²) in [6, 6.07) is 0. The van der Waals surface area contributed by atoms with Gasteiger partial charge in [0.2, 0.25) is 0 Å². The van der Waals surface area contributed by atoms with E-state index in [1.54, 1.807) is 0 Å². The van der Waals surface area contributed by atoms with Crippen LogP contribution < -0.4 is 0 Å². The number of hydrogen-bond donors (Lipinski definition) is 0. The Morgan fingerprint density at radius 1 is 1.50 bits per heavy atom. The minimum atomic E-state index is 0.116. The summed E-state index contributed by atoms with van der Waals surface area (Å²) >= 11 is 5.27. The van der Waals surface area contributed by atoms with Crippen LogP contribution in [0, 0.1) is 0 Å². The Morgan fingerprint density at radius 2 is 2.17 bits per heavy atom. The van der Waals surface area contributed by atoms with E-state index >= 15 is 0 Å². The molecule has 0 unspecified atom stereocenters. The highest BCUT2D eigenvalue weighted by Gasteiger charge is 2.14. The van der Waals surface area contributed by atoms with E-state index < -0.39 is 0 Å². The molecule has 1 aliphatic carbocycles. The minimum absolute atomic E-state index is 0.116. The third-order valence-corrected chi connectivity index (χ3v) is 2.22. The fourth-order valence-corrected chi connectivity index (χ4v) is 1.27. The number of halogens is 1. The summed E-state index contributed by atoms with van der Waals surface area (Å²) < 4.78 is 0. The van der Waals surface area contributed by atoms with Gasteiger partial charge in [0.25, 0.3) is 0 Å². The van der Waals surface area contributed by atoms with Gasteiger partial charge >= 0.3 is 0 Å². The average molecular weight is 185 g/mol. The number of carbonyl (C=O) groups is 1. The Labute approximate surface area is 78.1 Å². The minimum Gasteiger partial charge on any atom is -0.295 e. The van der Waals surface area contributed by atoms with Crippen LogP contribution in [-0.2, 0) is 4.79 Å². The average Bonchev–Trinajstić information content (AvgIpc) is 2.83. The zero-order valence-electron chi connectivity index (χ0n) is 7.27. The highest BCUT2D eigenvalue weighted by Crippen LogP contribution is 2.32. The molecular formula is C10H13ClO. The van der Waals surface area contributed by atoms with Gasteiger partial charge in [-0.3, -0.25) is 4.79 Å². The third-order valence-electron chi connectivity index (χ3n) is 2.10. The molecule has 0 aromatic heterocycles. The summed E-state index contributed by atoms with van der Waals surface area (Å²) in [4.78, 5) is 11.0. The van der Waals surface area contributed by atoms with Crippen molar-refractivity contribution in [2.24, 2.45) is 0 Å². The van der Waals surface area contributed by atoms with Gasteiger partial charge in [0.05, 0.1) is 0 Å². The molecule has 0 heterocycles. The van der Waals surface area contributed by atoms with E-state index in [-0.39, 0.29) is 5.78 Å². The van der Waals surface area contributed by atoms with Crippen molar-refractivity contribution in [1.82, 2.24) is 0 Å². The molecule has 0 atom stereocenters. The molecule has 0 bridgehead atoms. The Kier molecular flexibility index (Phi) is 3.54. The predicted molar refractivity (Wildman–Crippen MR) is 51.2 cm³/mol. The lowest BCUT2D eigenvalue weighted by atomic mass is 10.1. The van der Waals surface area contributed by atoms with Crippen LogP contribution >= 0.6 is 11.6 Å². The highest BCUT2D eigenvalue weighted by molar-refractivity contribution is 6.26. The normalized spacial score (nSPS) is 15.3. The molecule has 0 radical (unpaired) electrons. The van der Waals surface area contributed by atoms with E-state index in [2.05, 4.69) is 6.92 Å². The smallest absolute Gasteiger partial charge is 0.156 e. The number of hydrogen-bond acceptors (Lipinski definition) is 1. The van der Waals surface area contributed by atoms with Gasteiger partial charge in [0.1, 0.15) is 0 Å². The highest BCUT2D eigenvalue weighted by atomic mass is 35.5. The Balaban J connectivity index is 2.25. The molecule has 12 heavy (non-hydrogen) atoms. The van der Waals surface area contributed by atoms with Crippen LogP contribution in [0.1, 0.15) is 32.6 Å². The summed E-state index contributed by atoms with van der Waals surface area (Å²) in [7, 11) is 0. The molecule has 1 aliphatic rings. The first-order valence-corrected chi connectivity index (χ1v) is 4.64. The van der Waals surface area contributed by atoms with Crippen molar-refractivity contribution in [3.05, 3.63) is 22.8 Å². The number of carbonyl (C=O) groups excluding carboxylic acids is 1. The molecular weight excluding hydrogens is 172 g/mol. The van der Waals surface area contributed by atoms with Gasteiger partial charge in [0.15, 0.2) is 5.78 Å². The van der Waals surface area contributed by atoms with Gasteiger partial charge in [-0.1, -0.05) is 22.7 Å². The largest absolute Gasteiger partial charge is 0.295 e. The third kappa shape index (κ3) is 3.22. The molecule has 0 N–H and O–H groups in total. The summed E-state index contributed by atoms with van der Waals surface area (Å²) in [5.74, 6) is 0.116. The number of ketones is 1. The molecule has 2 heteroatoms. The van der Waals surface area contributed by atoms with Gasteiger partial charge in [-0.25, -0.2) is 0 Å². The second-order valence-electron chi connectivity index (χ2n) is 3.14. The van der Waals surface area contributed by atoms with Crippen molar-refractivity contribution in [1.29, 1.82) is 0 Å². The molecule has 0 aromatic carbocycles. The first-order valence-electron chi connectivity index (χ1n) is 4.21. The Hall–Kier alpha value is -0.560. The van der Waals surface area contributed by atoms with Gasteiger partial charge in [-0.05, 0) is 32.3 Å². The van der Waals surface area contributed by atoms with Crippen molar-refractivity contribution in [3.8, 4) is 0 Å². The molecule has 0 amide bonds. The maximum absolute atomic E-state index is 11.0. The number of rotatable bonds is 4. The van der Waals surface area contributed by atoms with Crippen molar-refractivity contribution in [3.63, 3.8) is 0 Å². The monoisotopic (exact) mass is 184 g/mol. The van der Waals surface area contributed by atoms with Gasteiger partial charge in [-0.15, -0.1) is 0 Å². The van der Waals surface area contributed by atoms with Crippen LogP contribution in [0.5, 0.6) is 0 Å². The standard InChI is InChI=1S/C10H13ClO/c1-8(9-3-4-9)2-5-10(12)6-7-11/h6-7H,2-5H2,1H3/b7-6-. The molecule has 1 saturated carbocycles. The van der Waals surface area contributed by atoms with E-state index in [0.29, 0.717) is 6.42 Å². The summed E-state index contributed by atoms with van der Waals surface area (Å²) in [6.07, 6.45) is 5.40. The predicted octanol–water partition coefficient (Wildman–Crippen LogP) is 3.20. The fourth-order valence-electron chi connectivity index (χ4n) is 1.13. The van der Waals surface area contributed by atoms with Gasteiger partial charge in [-0.2, -0.15) is 0 Å². The van der Waals surface area contributed by atoms with Crippen molar-refractivity contribution < 1.29 is 4.79 Å². The van der Waals surface area contributed by atoms with E-state index in [1.165, 1.54) is 35.6 Å². The maximum Gasteiger partial charge on any atom is 0.156 e. The van der Waals surface area contributed by atoms with Gasteiger partial charge < -0.3 is 0 Å². The summed E-state index contributed by atoms with van der Waals surface area (Å²) in [5.41, 5.74) is 4.21. The van der Waals surface area contributed by atoms with Crippen molar-refractivity contribution >= 4 is 17.4 Å². The van der Waals surface area contributed by atoms with Crippen LogP contribution in [0.15, 0.2) is 22.8 Å². The lowest BCUT2D eigenvalue weighted by Gasteiger charge is -1.96. The molecule has 1 fully saturated rings. The fraction of sp³-hybridized carbons (Fsp3) is 0.500. The molecule has 1 nitrogen and oxygen atoms in total. The molecule has 0 saturated heterocycles. The van der Waals surface area contributed by atoms with Crippen molar-refractivity contribution in [2.75, 3.05) is 0 Å². The summed E-state index contributed by atoms with van der Waals surface area (Å²) in [6.45, 7) is 2.11. The van der Waals surface area contributed by atoms with E-state index in [1.807, 2.05) is 0 Å². The number of allylic oxidation sites excluding steroid dienone is 3. The molecule has 0 spiro atoms. The Morgan fingerprint density at radius 3 is 2.67 bits per heavy atom. The topological polar surface area (TPSA) is 17.1 Å². The molecule has 1 rings (SSSR count). The first kappa shape index (κ1) is 9.53. The van der Waals surface area contributed by atoms with Crippen LogP contribution in [0.4, 0.5) is 0 Å². The maximum atomic E-state index is 11.0. The van der Waals surface area contributed by atoms with Crippen LogP contribution in [0.3, 0.4) is 0 Å². The second-order valence-corrected chi connectivity index (χ2v) is 3.39. The zero-order valence-corrected chi connectivity index (χ0v) is 8.03. The second kappa shape index (κ2) is 4.46. The van der Waals surface area contributed by atoms with Crippen LogP contribution in [-0.4, -0.2) is 5.78 Å². The van der Waals surface area contributed by atoms with E-state index in [4.69, 9.17) is 11.6 Å². The van der Waals surface area contributed by atoms with Crippen LogP contribution in [0.2, 0.25) is 0 Å². The van der Waals surface area contributed by atoms with E-state index in [0.717, 1.165) is 6.42 Å². The molecule has 0 aromatic rings. The summed E-state index contributed by atoms with van der Waals surface area (Å²) in [5, 5.41) is 0. The lowest BCUT2D eigenvalue weighted by molar-refractivity contribution is -0.114. The quantitative estimate of drug-likeness (QED) is 0.485. The van der Waals surface area contributed by atoms with Crippen molar-refractivity contribution in [2.45, 2.75) is 32.6 Å². The SMILES string of the molecule is CC(CCC(=O)/C=C\Cl)=C1CC1. The molecule has 66 valence electrons. The lowest BCUT2D eigenvalue weighted by Crippen LogP contribution is -1.92. The van der Waals surface area contributed by atoms with Crippen LogP contribution in [0.25, 0.3) is 0 Å². The molecule has 0 aliphatic heterocycles.